The number of nitrogens with one attached hydrogen (secondary N) is 4. The van der Waals surface area contributed by atoms with Crippen molar-refractivity contribution < 1.29 is 27.4 Å². The molecule has 0 radical (unpaired) electrons. The minimum absolute atomic E-state index is 0.0978. The van der Waals surface area contributed by atoms with Crippen LogP contribution < -0.4 is 25.6 Å². The first-order chi connectivity index (χ1) is 20.6. The van der Waals surface area contributed by atoms with Crippen LogP contribution >= 0.6 is 0 Å². The molecule has 0 aliphatic heterocycles. The molecule has 0 heterocycles. The van der Waals surface area contributed by atoms with Gasteiger partial charge in [-0.05, 0) is 85.8 Å². The zero-order chi connectivity index (χ0) is 30.9. The van der Waals surface area contributed by atoms with Crippen LogP contribution in [0.5, 0.6) is 0 Å². The van der Waals surface area contributed by atoms with Gasteiger partial charge in [-0.25, -0.2) is 13.0 Å². The molecule has 1 unspecified atom stereocenters. The Morgan fingerprint density at radius 1 is 0.860 bits per heavy atom. The molecule has 0 spiro atoms. The van der Waals surface area contributed by atoms with E-state index in [9.17, 15) is 27.4 Å². The smallest absolute Gasteiger partial charge is 0.251 e. The Labute approximate surface area is 252 Å². The Hall–Kier alpha value is -4.16. The molecule has 1 aliphatic carbocycles. The van der Waals surface area contributed by atoms with Gasteiger partial charge < -0.3 is 21.3 Å². The summed E-state index contributed by atoms with van der Waals surface area (Å²) in [6.07, 6.45) is 2.29. The highest BCUT2D eigenvalue weighted by atomic mass is 32.2. The number of nitrogens with zero attached hydrogens (tertiary/aromatic N) is 1. The van der Waals surface area contributed by atoms with E-state index in [1.807, 2.05) is 0 Å². The summed E-state index contributed by atoms with van der Waals surface area (Å²) >= 11 is 0. The first-order valence-electron chi connectivity index (χ1n) is 14.0. The molecule has 3 aromatic carbocycles. The lowest BCUT2D eigenvalue weighted by Gasteiger charge is -2.20. The average Bonchev–Trinajstić information content (AvgIpc) is 3.85. The minimum atomic E-state index is -1.76. The fraction of sp³-hybridized carbons (Fsp3) is 0.323. The maximum atomic E-state index is 13.4. The number of amides is 3. The van der Waals surface area contributed by atoms with E-state index >= 15 is 0 Å². The molecular weight excluding hydrogens is 576 g/mol. The van der Waals surface area contributed by atoms with Crippen molar-refractivity contribution in [3.63, 3.8) is 0 Å². The normalized spacial score (nSPS) is 14.0. The number of benzene rings is 3. The Morgan fingerprint density at radius 2 is 1.44 bits per heavy atom. The molecular formula is C31H35F2N5O4S. The number of hydrogen-bond acceptors (Lipinski definition) is 5. The predicted octanol–water partition coefficient (Wildman–Crippen LogP) is 3.29. The van der Waals surface area contributed by atoms with Crippen molar-refractivity contribution in [2.75, 3.05) is 31.0 Å². The average molecular weight is 612 g/mol. The molecule has 3 amide bonds. The summed E-state index contributed by atoms with van der Waals surface area (Å²) in [4.78, 5) is 38.8. The van der Waals surface area contributed by atoms with Crippen LogP contribution in [-0.2, 0) is 22.3 Å². The fourth-order valence-electron chi connectivity index (χ4n) is 4.13. The Morgan fingerprint density at radius 3 is 2.05 bits per heavy atom. The lowest BCUT2D eigenvalue weighted by atomic mass is 10.1. The second-order valence-corrected chi connectivity index (χ2v) is 11.9. The lowest BCUT2D eigenvalue weighted by molar-refractivity contribution is -0.122. The van der Waals surface area contributed by atoms with Crippen LogP contribution in [0.1, 0.15) is 46.0 Å². The van der Waals surface area contributed by atoms with Crippen molar-refractivity contribution in [2.45, 2.75) is 37.2 Å². The van der Waals surface area contributed by atoms with E-state index < -0.39 is 40.5 Å². The molecule has 0 bridgehead atoms. The summed E-state index contributed by atoms with van der Waals surface area (Å²) in [5.74, 6) is -1.34. The number of rotatable bonds is 14. The number of hydrogen-bond donors (Lipinski definition) is 4. The highest BCUT2D eigenvalue weighted by molar-refractivity contribution is 7.86. The van der Waals surface area contributed by atoms with Crippen molar-refractivity contribution in [1.29, 1.82) is 0 Å². The molecule has 3 aromatic rings. The molecule has 1 saturated carbocycles. The van der Waals surface area contributed by atoms with Crippen LogP contribution in [0.3, 0.4) is 0 Å². The zero-order valence-electron chi connectivity index (χ0n) is 24.0. The van der Waals surface area contributed by atoms with Gasteiger partial charge in [-0.3, -0.25) is 18.7 Å². The number of carbonyl (C=O) groups excluding carboxylic acids is 3. The molecule has 1 aliphatic rings. The van der Waals surface area contributed by atoms with Crippen molar-refractivity contribution in [1.82, 2.24) is 21.3 Å². The first kappa shape index (κ1) is 31.8. The van der Waals surface area contributed by atoms with Crippen LogP contribution in [-0.4, -0.2) is 54.7 Å². The van der Waals surface area contributed by atoms with Crippen molar-refractivity contribution in [3.8, 4) is 0 Å². The molecule has 43 heavy (non-hydrogen) atoms. The monoisotopic (exact) mass is 611 g/mol. The van der Waals surface area contributed by atoms with E-state index in [0.717, 1.165) is 12.8 Å². The van der Waals surface area contributed by atoms with Gasteiger partial charge in [0.25, 0.3) is 11.8 Å². The highest BCUT2D eigenvalue weighted by Crippen LogP contribution is 2.27. The third kappa shape index (κ3) is 9.42. The topological polar surface area (TPSA) is 120 Å². The van der Waals surface area contributed by atoms with E-state index in [1.165, 1.54) is 66.0 Å². The van der Waals surface area contributed by atoms with E-state index in [-0.39, 0.29) is 30.1 Å². The molecule has 228 valence electrons. The van der Waals surface area contributed by atoms with Gasteiger partial charge in [-0.2, -0.15) is 0 Å². The van der Waals surface area contributed by atoms with Gasteiger partial charge in [0.1, 0.15) is 11.6 Å². The maximum Gasteiger partial charge on any atom is 0.251 e. The van der Waals surface area contributed by atoms with Crippen LogP contribution in [0, 0.1) is 17.6 Å². The quantitative estimate of drug-likeness (QED) is 0.209. The molecule has 1 fully saturated rings. The Bertz CT molecular complexity index is 1470. The van der Waals surface area contributed by atoms with Gasteiger partial charge >= 0.3 is 0 Å². The Balaban J connectivity index is 1.44. The summed E-state index contributed by atoms with van der Waals surface area (Å²) in [6.45, 7) is 3.11. The van der Waals surface area contributed by atoms with Gasteiger partial charge in [-0.1, -0.05) is 12.1 Å². The Kier molecular flexibility index (Phi) is 11.0. The summed E-state index contributed by atoms with van der Waals surface area (Å²) in [6, 6.07) is 14.9. The van der Waals surface area contributed by atoms with Crippen LogP contribution in [0.4, 0.5) is 14.5 Å². The summed E-state index contributed by atoms with van der Waals surface area (Å²) in [5.41, 5.74) is 1.30. The summed E-state index contributed by atoms with van der Waals surface area (Å²) in [5, 5.41) is 11.5. The molecule has 4 N–H and O–H groups in total. The molecule has 0 saturated heterocycles. The zero-order valence-corrected chi connectivity index (χ0v) is 24.8. The van der Waals surface area contributed by atoms with E-state index in [0.29, 0.717) is 35.2 Å². The molecule has 2 atom stereocenters. The first-order valence-corrected chi connectivity index (χ1v) is 15.1. The van der Waals surface area contributed by atoms with Crippen molar-refractivity contribution >= 4 is 34.4 Å². The second-order valence-electron chi connectivity index (χ2n) is 10.4. The van der Waals surface area contributed by atoms with Gasteiger partial charge in [0, 0.05) is 44.4 Å². The number of carbonyl (C=O) groups is 3. The van der Waals surface area contributed by atoms with Crippen molar-refractivity contribution in [3.05, 3.63) is 95.1 Å². The third-order valence-corrected chi connectivity index (χ3v) is 8.34. The molecule has 0 aromatic heterocycles. The SMILES string of the molecule is C[C@H](NCCNC(=O)c1cc(C(=O)NCc2ccc(F)cc2)cc(N(C)S(=O)c2ccc(F)cc2)c1)C(=O)NCC1CC1. The van der Waals surface area contributed by atoms with Crippen LogP contribution in [0.15, 0.2) is 71.6 Å². The highest BCUT2D eigenvalue weighted by Gasteiger charge is 2.23. The predicted molar refractivity (Wildman–Crippen MR) is 161 cm³/mol. The molecule has 9 nitrogen and oxygen atoms in total. The fourth-order valence-corrected chi connectivity index (χ4v) is 5.11. The number of anilines is 1. The molecule has 12 heteroatoms. The van der Waals surface area contributed by atoms with E-state index in [4.69, 9.17) is 0 Å². The van der Waals surface area contributed by atoms with Crippen LogP contribution in [0.25, 0.3) is 0 Å². The van der Waals surface area contributed by atoms with Gasteiger partial charge in [0.05, 0.1) is 16.6 Å². The minimum Gasteiger partial charge on any atom is -0.354 e. The molecule has 4 rings (SSSR count). The standard InChI is InChI=1S/C31H35F2N5O4S/c1-20(29(39)36-18-21-3-4-21)34-13-14-35-30(40)23-15-24(31(41)37-19-22-5-7-25(32)8-6-22)17-27(16-23)38(2)43(42)28-11-9-26(33)10-12-28/h5-12,15-17,20-21,34H,3-4,13-14,18-19H2,1-2H3,(H,35,40)(H,36,39)(H,37,41)/t20-,43?/m0/s1. The summed E-state index contributed by atoms with van der Waals surface area (Å²) < 4.78 is 41.2. The van der Waals surface area contributed by atoms with Gasteiger partial charge in [0.15, 0.2) is 11.0 Å². The second kappa shape index (κ2) is 14.8. The van der Waals surface area contributed by atoms with Crippen molar-refractivity contribution in [2.24, 2.45) is 5.92 Å². The van der Waals surface area contributed by atoms with Gasteiger partial charge in [0.2, 0.25) is 5.91 Å². The third-order valence-electron chi connectivity index (χ3n) is 6.95. The largest absolute Gasteiger partial charge is 0.354 e. The lowest BCUT2D eigenvalue weighted by Crippen LogP contribution is -2.45. The van der Waals surface area contributed by atoms with E-state index in [2.05, 4.69) is 21.3 Å². The number of halogens is 2. The van der Waals surface area contributed by atoms with E-state index in [1.54, 1.807) is 19.1 Å². The summed E-state index contributed by atoms with van der Waals surface area (Å²) in [7, 11) is -0.226. The van der Waals surface area contributed by atoms with Gasteiger partial charge in [-0.15, -0.1) is 0 Å². The van der Waals surface area contributed by atoms with Crippen LogP contribution in [0.2, 0.25) is 0 Å². The maximum absolute atomic E-state index is 13.4.